The first kappa shape index (κ1) is 10.7. The number of rotatable bonds is 2. The summed E-state index contributed by atoms with van der Waals surface area (Å²) < 4.78 is 0. The summed E-state index contributed by atoms with van der Waals surface area (Å²) in [7, 11) is 0. The molecule has 0 aliphatic heterocycles. The molecule has 0 aliphatic rings. The van der Waals surface area contributed by atoms with Gasteiger partial charge in [-0.2, -0.15) is 0 Å². The third kappa shape index (κ3) is 1.78. The molecule has 0 atom stereocenters. The van der Waals surface area contributed by atoms with Gasteiger partial charge in [0, 0.05) is 22.7 Å². The van der Waals surface area contributed by atoms with Crippen LogP contribution >= 0.6 is 0 Å². The maximum atomic E-state index is 12.4. The number of aromatic nitrogens is 1. The number of hydrogen-bond acceptors (Lipinski definition) is 2. The SMILES string of the molecule is O=C(c1ccccc1)c1cccc2cccnc12. The van der Waals surface area contributed by atoms with E-state index in [2.05, 4.69) is 4.98 Å². The zero-order valence-electron chi connectivity index (χ0n) is 9.71. The lowest BCUT2D eigenvalue weighted by Gasteiger charge is -2.04. The highest BCUT2D eigenvalue weighted by Crippen LogP contribution is 2.19. The van der Waals surface area contributed by atoms with Crippen LogP contribution in [-0.4, -0.2) is 10.8 Å². The van der Waals surface area contributed by atoms with E-state index in [0.29, 0.717) is 11.1 Å². The van der Waals surface area contributed by atoms with E-state index in [-0.39, 0.29) is 5.78 Å². The summed E-state index contributed by atoms with van der Waals surface area (Å²) in [6.45, 7) is 0. The fraction of sp³-hybridized carbons (Fsp3) is 0. The van der Waals surface area contributed by atoms with Gasteiger partial charge in [-0.25, -0.2) is 0 Å². The third-order valence-electron chi connectivity index (χ3n) is 2.91. The van der Waals surface area contributed by atoms with E-state index >= 15 is 0 Å². The van der Waals surface area contributed by atoms with E-state index in [9.17, 15) is 4.79 Å². The van der Waals surface area contributed by atoms with Crippen LogP contribution in [0.4, 0.5) is 0 Å². The van der Waals surface area contributed by atoms with E-state index in [4.69, 9.17) is 0 Å². The number of ketones is 1. The summed E-state index contributed by atoms with van der Waals surface area (Å²) in [5.41, 5.74) is 2.10. The van der Waals surface area contributed by atoms with E-state index in [0.717, 1.165) is 10.9 Å². The molecule has 18 heavy (non-hydrogen) atoms. The van der Waals surface area contributed by atoms with Crippen molar-refractivity contribution in [1.29, 1.82) is 0 Å². The maximum Gasteiger partial charge on any atom is 0.195 e. The lowest BCUT2D eigenvalue weighted by Crippen LogP contribution is -2.02. The summed E-state index contributed by atoms with van der Waals surface area (Å²) in [5.74, 6) is 0.0138. The van der Waals surface area contributed by atoms with Crippen molar-refractivity contribution in [3.05, 3.63) is 78.0 Å². The minimum Gasteiger partial charge on any atom is -0.289 e. The fourth-order valence-electron chi connectivity index (χ4n) is 2.03. The van der Waals surface area contributed by atoms with Crippen LogP contribution in [0.5, 0.6) is 0 Å². The van der Waals surface area contributed by atoms with Crippen molar-refractivity contribution < 1.29 is 4.79 Å². The summed E-state index contributed by atoms with van der Waals surface area (Å²) in [4.78, 5) is 16.7. The van der Waals surface area contributed by atoms with Crippen molar-refractivity contribution >= 4 is 16.7 Å². The Labute approximate surface area is 105 Å². The average molecular weight is 233 g/mol. The Hall–Kier alpha value is -2.48. The molecular weight excluding hydrogens is 222 g/mol. The van der Waals surface area contributed by atoms with Gasteiger partial charge in [-0.1, -0.05) is 48.5 Å². The molecule has 0 fully saturated rings. The van der Waals surface area contributed by atoms with Crippen LogP contribution in [0, 0.1) is 0 Å². The van der Waals surface area contributed by atoms with Crippen molar-refractivity contribution in [2.24, 2.45) is 0 Å². The predicted molar refractivity (Wildman–Crippen MR) is 71.6 cm³/mol. The molecule has 3 aromatic rings. The number of pyridine rings is 1. The number of fused-ring (bicyclic) bond motifs is 1. The Morgan fingerprint density at radius 2 is 1.61 bits per heavy atom. The van der Waals surface area contributed by atoms with Gasteiger partial charge < -0.3 is 0 Å². The fourth-order valence-corrected chi connectivity index (χ4v) is 2.03. The number of carbonyl (C=O) groups excluding carboxylic acids is 1. The van der Waals surface area contributed by atoms with Crippen LogP contribution in [0.1, 0.15) is 15.9 Å². The van der Waals surface area contributed by atoms with E-state index in [1.54, 1.807) is 6.20 Å². The minimum absolute atomic E-state index is 0.0138. The Morgan fingerprint density at radius 1 is 0.833 bits per heavy atom. The van der Waals surface area contributed by atoms with Crippen LogP contribution in [0.2, 0.25) is 0 Å². The summed E-state index contributed by atoms with van der Waals surface area (Å²) >= 11 is 0. The maximum absolute atomic E-state index is 12.4. The molecule has 0 N–H and O–H groups in total. The van der Waals surface area contributed by atoms with Gasteiger partial charge in [0.05, 0.1) is 5.52 Å². The molecule has 86 valence electrons. The normalized spacial score (nSPS) is 10.4. The summed E-state index contributed by atoms with van der Waals surface area (Å²) in [6, 6.07) is 18.8. The van der Waals surface area contributed by atoms with E-state index in [1.165, 1.54) is 0 Å². The zero-order valence-corrected chi connectivity index (χ0v) is 9.71. The second kappa shape index (κ2) is 4.41. The topological polar surface area (TPSA) is 30.0 Å². The lowest BCUT2D eigenvalue weighted by atomic mass is 10.0. The average Bonchev–Trinajstić information content (AvgIpc) is 2.47. The van der Waals surface area contributed by atoms with Crippen LogP contribution in [-0.2, 0) is 0 Å². The van der Waals surface area contributed by atoms with Crippen LogP contribution in [0.3, 0.4) is 0 Å². The molecule has 0 saturated carbocycles. The van der Waals surface area contributed by atoms with E-state index in [1.807, 2.05) is 60.7 Å². The highest BCUT2D eigenvalue weighted by Gasteiger charge is 2.12. The summed E-state index contributed by atoms with van der Waals surface area (Å²) in [5, 5.41) is 0.985. The number of benzene rings is 2. The molecule has 0 saturated heterocycles. The first-order valence-corrected chi connectivity index (χ1v) is 5.80. The van der Waals surface area contributed by atoms with Crippen molar-refractivity contribution in [3.8, 4) is 0 Å². The molecule has 0 aliphatic carbocycles. The highest BCUT2D eigenvalue weighted by molar-refractivity contribution is 6.15. The number of carbonyl (C=O) groups is 1. The molecule has 0 spiro atoms. The van der Waals surface area contributed by atoms with Crippen molar-refractivity contribution in [3.63, 3.8) is 0 Å². The molecule has 1 aromatic heterocycles. The molecule has 2 heteroatoms. The van der Waals surface area contributed by atoms with Gasteiger partial charge in [-0.05, 0) is 12.1 Å². The number of nitrogens with zero attached hydrogens (tertiary/aromatic N) is 1. The van der Waals surface area contributed by atoms with Gasteiger partial charge in [0.25, 0.3) is 0 Å². The molecule has 0 bridgehead atoms. The summed E-state index contributed by atoms with van der Waals surface area (Å²) in [6.07, 6.45) is 1.71. The quantitative estimate of drug-likeness (QED) is 0.634. The molecule has 2 aromatic carbocycles. The second-order valence-electron chi connectivity index (χ2n) is 4.08. The zero-order chi connectivity index (χ0) is 12.4. The first-order chi connectivity index (χ1) is 8.86. The highest BCUT2D eigenvalue weighted by atomic mass is 16.1. The minimum atomic E-state index is 0.0138. The number of hydrogen-bond donors (Lipinski definition) is 0. The molecule has 0 unspecified atom stereocenters. The van der Waals surface area contributed by atoms with Gasteiger partial charge in [-0.3, -0.25) is 9.78 Å². The van der Waals surface area contributed by atoms with Gasteiger partial charge in [-0.15, -0.1) is 0 Å². The second-order valence-corrected chi connectivity index (χ2v) is 4.08. The van der Waals surface area contributed by atoms with Crippen LogP contribution < -0.4 is 0 Å². The van der Waals surface area contributed by atoms with Crippen LogP contribution in [0.15, 0.2) is 66.9 Å². The smallest absolute Gasteiger partial charge is 0.195 e. The lowest BCUT2D eigenvalue weighted by molar-refractivity contribution is 0.104. The van der Waals surface area contributed by atoms with E-state index < -0.39 is 0 Å². The standard InChI is InChI=1S/C16H11NO/c18-16(13-6-2-1-3-7-13)14-10-4-8-12-9-5-11-17-15(12)14/h1-11H. The van der Waals surface area contributed by atoms with Gasteiger partial charge >= 0.3 is 0 Å². The van der Waals surface area contributed by atoms with Crippen LogP contribution in [0.25, 0.3) is 10.9 Å². The number of para-hydroxylation sites is 1. The molecule has 0 amide bonds. The van der Waals surface area contributed by atoms with Crippen molar-refractivity contribution in [2.45, 2.75) is 0 Å². The third-order valence-corrected chi connectivity index (χ3v) is 2.91. The predicted octanol–water partition coefficient (Wildman–Crippen LogP) is 3.47. The Morgan fingerprint density at radius 3 is 2.44 bits per heavy atom. The van der Waals surface area contributed by atoms with Gasteiger partial charge in [0.15, 0.2) is 5.78 Å². The molecule has 0 radical (unpaired) electrons. The molecule has 2 nitrogen and oxygen atoms in total. The Balaban J connectivity index is 2.18. The van der Waals surface area contributed by atoms with Crippen molar-refractivity contribution in [2.75, 3.05) is 0 Å². The van der Waals surface area contributed by atoms with Gasteiger partial charge in [0.2, 0.25) is 0 Å². The Kier molecular flexibility index (Phi) is 2.61. The molecular formula is C16H11NO. The first-order valence-electron chi connectivity index (χ1n) is 5.80. The molecule has 1 heterocycles. The monoisotopic (exact) mass is 233 g/mol. The largest absolute Gasteiger partial charge is 0.289 e. The molecule has 3 rings (SSSR count). The Bertz CT molecular complexity index is 699. The van der Waals surface area contributed by atoms with Crippen molar-refractivity contribution in [1.82, 2.24) is 4.98 Å². The van der Waals surface area contributed by atoms with Gasteiger partial charge in [0.1, 0.15) is 0 Å².